The number of ether oxygens (including phenoxy) is 3. The molecular weight excluding hydrogens is 330 g/mol. The smallest absolute Gasteiger partial charge is 0.252 e. The molecule has 2 aromatic carbocycles. The Morgan fingerprint density at radius 3 is 2.38 bits per heavy atom. The van der Waals surface area contributed by atoms with Crippen LogP contribution in [0.3, 0.4) is 0 Å². The second-order valence-corrected chi connectivity index (χ2v) is 7.23. The number of methoxy groups -OCH3 is 2. The number of amides is 1. The lowest BCUT2D eigenvalue weighted by atomic mass is 9.88. The van der Waals surface area contributed by atoms with Gasteiger partial charge in [0.25, 0.3) is 5.91 Å². The van der Waals surface area contributed by atoms with Crippen LogP contribution in [0.25, 0.3) is 0 Å². The highest BCUT2D eigenvalue weighted by Crippen LogP contribution is 2.40. The van der Waals surface area contributed by atoms with Gasteiger partial charge in [-0.25, -0.2) is 0 Å². The lowest BCUT2D eigenvalue weighted by Gasteiger charge is -2.38. The number of fused-ring (bicyclic) bond motifs is 1. The van der Waals surface area contributed by atoms with Crippen molar-refractivity contribution in [3.8, 4) is 17.2 Å². The highest BCUT2D eigenvalue weighted by atomic mass is 16.5. The van der Waals surface area contributed by atoms with Crippen molar-refractivity contribution < 1.29 is 19.0 Å². The summed E-state index contributed by atoms with van der Waals surface area (Å²) in [6.45, 7) is 6.10. The summed E-state index contributed by atoms with van der Waals surface area (Å²) >= 11 is 0. The Bertz CT molecular complexity index is 807. The number of carbonyl (C=O) groups is 1. The van der Waals surface area contributed by atoms with Crippen LogP contribution in [0.15, 0.2) is 36.4 Å². The average molecular weight is 355 g/mol. The Morgan fingerprint density at radius 2 is 1.77 bits per heavy atom. The molecule has 26 heavy (non-hydrogen) atoms. The molecule has 0 spiro atoms. The van der Waals surface area contributed by atoms with Crippen molar-refractivity contribution in [1.29, 1.82) is 0 Å². The number of aryl methyl sites for hydroxylation is 1. The van der Waals surface area contributed by atoms with Crippen LogP contribution in [-0.2, 0) is 0 Å². The fourth-order valence-corrected chi connectivity index (χ4v) is 3.28. The zero-order valence-electron chi connectivity index (χ0n) is 15.9. The van der Waals surface area contributed by atoms with Crippen LogP contribution >= 0.6 is 0 Å². The first-order chi connectivity index (χ1) is 12.3. The van der Waals surface area contributed by atoms with E-state index in [0.717, 1.165) is 16.9 Å². The van der Waals surface area contributed by atoms with Gasteiger partial charge in [0.1, 0.15) is 22.8 Å². The third-order valence-corrected chi connectivity index (χ3v) is 4.54. The van der Waals surface area contributed by atoms with E-state index < -0.39 is 0 Å². The molecule has 1 heterocycles. The molecule has 1 aliphatic rings. The highest BCUT2D eigenvalue weighted by Gasteiger charge is 2.34. The van der Waals surface area contributed by atoms with Gasteiger partial charge in [-0.3, -0.25) is 4.79 Å². The predicted octanol–water partition coefficient (Wildman–Crippen LogP) is 4.04. The maximum atomic E-state index is 12.9. The molecule has 1 atom stereocenters. The van der Waals surface area contributed by atoms with Crippen LogP contribution in [0.4, 0.5) is 0 Å². The zero-order chi connectivity index (χ0) is 18.9. The molecule has 5 nitrogen and oxygen atoms in total. The van der Waals surface area contributed by atoms with Gasteiger partial charge in [0, 0.05) is 23.6 Å². The summed E-state index contributed by atoms with van der Waals surface area (Å²) in [5.74, 6) is 1.81. The van der Waals surface area contributed by atoms with Crippen LogP contribution in [0, 0.1) is 6.92 Å². The first kappa shape index (κ1) is 18.1. The highest BCUT2D eigenvalue weighted by molar-refractivity contribution is 5.95. The standard InChI is InChI=1S/C21H25NO4/c1-13-6-7-19-17(8-13)18(12-21(2,3)26-19)22-20(23)14-9-15(24-4)11-16(10-14)25-5/h6-11,18H,12H2,1-5H3,(H,22,23). The Hall–Kier alpha value is -2.69. The van der Waals surface area contributed by atoms with Crippen molar-refractivity contribution in [2.45, 2.75) is 38.8 Å². The van der Waals surface area contributed by atoms with Crippen LogP contribution in [-0.4, -0.2) is 25.7 Å². The van der Waals surface area contributed by atoms with E-state index in [4.69, 9.17) is 14.2 Å². The number of benzene rings is 2. The molecule has 1 unspecified atom stereocenters. The van der Waals surface area contributed by atoms with Gasteiger partial charge in [0.15, 0.2) is 0 Å². The molecule has 3 rings (SSSR count). The molecule has 0 radical (unpaired) electrons. The molecular formula is C21H25NO4. The first-order valence-electron chi connectivity index (χ1n) is 8.65. The van der Waals surface area contributed by atoms with E-state index >= 15 is 0 Å². The van der Waals surface area contributed by atoms with E-state index in [-0.39, 0.29) is 17.6 Å². The SMILES string of the molecule is COc1cc(OC)cc(C(=O)NC2CC(C)(C)Oc3ccc(C)cc32)c1. The van der Waals surface area contributed by atoms with Crippen LogP contribution in [0.5, 0.6) is 17.2 Å². The molecule has 0 saturated carbocycles. The molecule has 138 valence electrons. The summed E-state index contributed by atoms with van der Waals surface area (Å²) in [7, 11) is 3.13. The van der Waals surface area contributed by atoms with E-state index in [2.05, 4.69) is 11.4 Å². The zero-order valence-corrected chi connectivity index (χ0v) is 15.9. The van der Waals surface area contributed by atoms with E-state index in [0.29, 0.717) is 23.5 Å². The Balaban J connectivity index is 1.91. The van der Waals surface area contributed by atoms with Gasteiger partial charge in [0.2, 0.25) is 0 Å². The van der Waals surface area contributed by atoms with Gasteiger partial charge >= 0.3 is 0 Å². The minimum atomic E-state index is -0.355. The molecule has 0 aromatic heterocycles. The third kappa shape index (κ3) is 3.77. The minimum Gasteiger partial charge on any atom is -0.497 e. The monoisotopic (exact) mass is 355 g/mol. The maximum absolute atomic E-state index is 12.9. The molecule has 0 fully saturated rings. The maximum Gasteiger partial charge on any atom is 0.252 e. The molecule has 0 saturated heterocycles. The van der Waals surface area contributed by atoms with Gasteiger partial charge in [-0.15, -0.1) is 0 Å². The summed E-state index contributed by atoms with van der Waals surface area (Å²) in [6.07, 6.45) is 0.691. The number of carbonyl (C=O) groups excluding carboxylic acids is 1. The normalized spacial score (nSPS) is 17.7. The number of nitrogens with one attached hydrogen (secondary N) is 1. The minimum absolute atomic E-state index is 0.127. The molecule has 2 aromatic rings. The van der Waals surface area contributed by atoms with Crippen molar-refractivity contribution in [3.63, 3.8) is 0 Å². The number of hydrogen-bond acceptors (Lipinski definition) is 4. The van der Waals surface area contributed by atoms with Gasteiger partial charge in [-0.05, 0) is 39.0 Å². The summed E-state index contributed by atoms with van der Waals surface area (Å²) in [6, 6.07) is 11.1. The second kappa shape index (κ2) is 6.90. The van der Waals surface area contributed by atoms with E-state index in [1.807, 2.05) is 32.9 Å². The molecule has 5 heteroatoms. The van der Waals surface area contributed by atoms with Crippen LogP contribution in [0.2, 0.25) is 0 Å². The molecule has 1 aliphatic heterocycles. The first-order valence-corrected chi connectivity index (χ1v) is 8.65. The summed E-state index contributed by atoms with van der Waals surface area (Å²) < 4.78 is 16.6. The van der Waals surface area contributed by atoms with Crippen molar-refractivity contribution >= 4 is 5.91 Å². The largest absolute Gasteiger partial charge is 0.497 e. The predicted molar refractivity (Wildman–Crippen MR) is 100 cm³/mol. The second-order valence-electron chi connectivity index (χ2n) is 7.23. The van der Waals surface area contributed by atoms with Crippen molar-refractivity contribution in [3.05, 3.63) is 53.1 Å². The van der Waals surface area contributed by atoms with Gasteiger partial charge in [-0.2, -0.15) is 0 Å². The topological polar surface area (TPSA) is 56.8 Å². The van der Waals surface area contributed by atoms with Gasteiger partial charge in [-0.1, -0.05) is 17.7 Å². The summed E-state index contributed by atoms with van der Waals surface area (Å²) in [5, 5.41) is 3.15. The quantitative estimate of drug-likeness (QED) is 0.899. The van der Waals surface area contributed by atoms with E-state index in [9.17, 15) is 4.79 Å². The van der Waals surface area contributed by atoms with Gasteiger partial charge < -0.3 is 19.5 Å². The number of hydrogen-bond donors (Lipinski definition) is 1. The van der Waals surface area contributed by atoms with E-state index in [1.165, 1.54) is 0 Å². The molecule has 1 amide bonds. The third-order valence-electron chi connectivity index (χ3n) is 4.54. The van der Waals surface area contributed by atoms with Crippen molar-refractivity contribution in [1.82, 2.24) is 5.32 Å². The van der Waals surface area contributed by atoms with Crippen molar-refractivity contribution in [2.75, 3.05) is 14.2 Å². The Kier molecular flexibility index (Phi) is 4.81. The molecule has 1 N–H and O–H groups in total. The van der Waals surface area contributed by atoms with Crippen molar-refractivity contribution in [2.24, 2.45) is 0 Å². The van der Waals surface area contributed by atoms with Gasteiger partial charge in [0.05, 0.1) is 20.3 Å². The molecule has 0 aliphatic carbocycles. The Morgan fingerprint density at radius 1 is 1.12 bits per heavy atom. The molecule has 0 bridgehead atoms. The Labute approximate surface area is 154 Å². The van der Waals surface area contributed by atoms with E-state index in [1.54, 1.807) is 32.4 Å². The lowest BCUT2D eigenvalue weighted by molar-refractivity contribution is 0.0619. The fourth-order valence-electron chi connectivity index (χ4n) is 3.28. The summed E-state index contributed by atoms with van der Waals surface area (Å²) in [5.41, 5.74) is 2.29. The summed E-state index contributed by atoms with van der Waals surface area (Å²) in [4.78, 5) is 12.9. The lowest BCUT2D eigenvalue weighted by Crippen LogP contribution is -2.41. The average Bonchev–Trinajstić information content (AvgIpc) is 2.61. The van der Waals surface area contributed by atoms with Crippen LogP contribution < -0.4 is 19.5 Å². The number of rotatable bonds is 4. The van der Waals surface area contributed by atoms with Crippen LogP contribution in [0.1, 0.15) is 47.8 Å². The fraction of sp³-hybridized carbons (Fsp3) is 0.381.